The predicted octanol–water partition coefficient (Wildman–Crippen LogP) is 2.01. The van der Waals surface area contributed by atoms with Gasteiger partial charge in [0.15, 0.2) is 5.84 Å². The summed E-state index contributed by atoms with van der Waals surface area (Å²) in [7, 11) is 2.15. The molecule has 4 heteroatoms. The molecule has 0 amide bonds. The quantitative estimate of drug-likeness (QED) is 0.362. The molecule has 0 spiro atoms. The molecular weight excluding hydrogens is 226 g/mol. The van der Waals surface area contributed by atoms with Gasteiger partial charge in [-0.05, 0) is 44.4 Å². The van der Waals surface area contributed by atoms with Crippen LogP contribution in [0.1, 0.15) is 30.9 Å². The SMILES string of the molecule is CC(C1CC1)N(C)Cc1cccc(/C(N)=N/O)c1. The first-order valence-corrected chi connectivity index (χ1v) is 6.39. The van der Waals surface area contributed by atoms with E-state index in [1.54, 1.807) is 0 Å². The van der Waals surface area contributed by atoms with Crippen LogP contribution in [0.15, 0.2) is 29.4 Å². The Labute approximate surface area is 108 Å². The van der Waals surface area contributed by atoms with Crippen LogP contribution in [0, 0.1) is 5.92 Å². The maximum atomic E-state index is 8.68. The van der Waals surface area contributed by atoms with E-state index in [2.05, 4.69) is 30.1 Å². The zero-order chi connectivity index (χ0) is 13.1. The van der Waals surface area contributed by atoms with Crippen LogP contribution in [0.5, 0.6) is 0 Å². The molecule has 1 aliphatic carbocycles. The van der Waals surface area contributed by atoms with Crippen molar-refractivity contribution in [3.63, 3.8) is 0 Å². The molecule has 1 fully saturated rings. The van der Waals surface area contributed by atoms with Crippen molar-refractivity contribution < 1.29 is 5.21 Å². The van der Waals surface area contributed by atoms with Crippen molar-refractivity contribution in [1.29, 1.82) is 0 Å². The molecular formula is C14H21N3O. The van der Waals surface area contributed by atoms with Crippen LogP contribution in [-0.2, 0) is 6.54 Å². The van der Waals surface area contributed by atoms with Crippen molar-refractivity contribution in [1.82, 2.24) is 4.90 Å². The van der Waals surface area contributed by atoms with E-state index in [0.717, 1.165) is 18.0 Å². The van der Waals surface area contributed by atoms with E-state index in [4.69, 9.17) is 10.9 Å². The average Bonchev–Trinajstić information content (AvgIpc) is 3.21. The fraction of sp³-hybridized carbons (Fsp3) is 0.500. The van der Waals surface area contributed by atoms with Crippen LogP contribution >= 0.6 is 0 Å². The first kappa shape index (κ1) is 12.9. The van der Waals surface area contributed by atoms with Gasteiger partial charge in [0.25, 0.3) is 0 Å². The lowest BCUT2D eigenvalue weighted by Crippen LogP contribution is -2.30. The summed E-state index contributed by atoms with van der Waals surface area (Å²) < 4.78 is 0. The van der Waals surface area contributed by atoms with Crippen LogP contribution in [-0.4, -0.2) is 29.0 Å². The summed E-state index contributed by atoms with van der Waals surface area (Å²) in [6.07, 6.45) is 2.71. The van der Waals surface area contributed by atoms with Gasteiger partial charge < -0.3 is 10.9 Å². The topological polar surface area (TPSA) is 61.8 Å². The molecule has 0 radical (unpaired) electrons. The molecule has 1 aromatic carbocycles. The summed E-state index contributed by atoms with van der Waals surface area (Å²) in [5, 5.41) is 11.7. The molecule has 0 bridgehead atoms. The molecule has 0 aromatic heterocycles. The van der Waals surface area contributed by atoms with E-state index in [1.807, 2.05) is 18.2 Å². The average molecular weight is 247 g/mol. The van der Waals surface area contributed by atoms with Gasteiger partial charge in [-0.15, -0.1) is 0 Å². The smallest absolute Gasteiger partial charge is 0.170 e. The Bertz CT molecular complexity index is 440. The molecule has 1 atom stereocenters. The first-order chi connectivity index (χ1) is 8.61. The summed E-state index contributed by atoms with van der Waals surface area (Å²) in [5.41, 5.74) is 7.55. The zero-order valence-corrected chi connectivity index (χ0v) is 11.0. The second-order valence-electron chi connectivity index (χ2n) is 5.18. The van der Waals surface area contributed by atoms with Gasteiger partial charge in [-0.25, -0.2) is 0 Å². The maximum absolute atomic E-state index is 8.68. The Balaban J connectivity index is 2.04. The van der Waals surface area contributed by atoms with Crippen molar-refractivity contribution >= 4 is 5.84 Å². The molecule has 1 unspecified atom stereocenters. The van der Waals surface area contributed by atoms with Gasteiger partial charge in [0.1, 0.15) is 0 Å². The van der Waals surface area contributed by atoms with E-state index >= 15 is 0 Å². The Morgan fingerprint density at radius 2 is 2.28 bits per heavy atom. The third kappa shape index (κ3) is 3.01. The lowest BCUT2D eigenvalue weighted by molar-refractivity contribution is 0.226. The monoisotopic (exact) mass is 247 g/mol. The van der Waals surface area contributed by atoms with Gasteiger partial charge in [0.05, 0.1) is 0 Å². The minimum Gasteiger partial charge on any atom is -0.409 e. The van der Waals surface area contributed by atoms with Crippen molar-refractivity contribution in [3.8, 4) is 0 Å². The number of rotatable bonds is 5. The maximum Gasteiger partial charge on any atom is 0.170 e. The molecule has 18 heavy (non-hydrogen) atoms. The van der Waals surface area contributed by atoms with Crippen molar-refractivity contribution in [2.45, 2.75) is 32.4 Å². The number of hydrogen-bond acceptors (Lipinski definition) is 3. The number of oxime groups is 1. The lowest BCUT2D eigenvalue weighted by atomic mass is 10.1. The van der Waals surface area contributed by atoms with Crippen LogP contribution in [0.3, 0.4) is 0 Å². The molecule has 0 heterocycles. The normalized spacial score (nSPS) is 18.1. The third-order valence-electron chi connectivity index (χ3n) is 3.76. The summed E-state index contributed by atoms with van der Waals surface area (Å²) in [4.78, 5) is 2.36. The first-order valence-electron chi connectivity index (χ1n) is 6.39. The highest BCUT2D eigenvalue weighted by molar-refractivity contribution is 5.97. The Morgan fingerprint density at radius 3 is 2.89 bits per heavy atom. The number of nitrogens with zero attached hydrogens (tertiary/aromatic N) is 2. The second-order valence-corrected chi connectivity index (χ2v) is 5.18. The molecule has 1 aromatic rings. The minimum absolute atomic E-state index is 0.162. The minimum atomic E-state index is 0.162. The van der Waals surface area contributed by atoms with Gasteiger partial charge in [-0.3, -0.25) is 4.90 Å². The zero-order valence-electron chi connectivity index (χ0n) is 11.0. The highest BCUT2D eigenvalue weighted by Crippen LogP contribution is 2.35. The highest BCUT2D eigenvalue weighted by Gasteiger charge is 2.30. The van der Waals surface area contributed by atoms with E-state index in [0.29, 0.717) is 6.04 Å². The van der Waals surface area contributed by atoms with Crippen molar-refractivity contribution in [2.24, 2.45) is 16.8 Å². The Hall–Kier alpha value is -1.55. The number of hydrogen-bond donors (Lipinski definition) is 2. The summed E-state index contributed by atoms with van der Waals surface area (Å²) in [5.74, 6) is 1.03. The lowest BCUT2D eigenvalue weighted by Gasteiger charge is -2.24. The molecule has 0 aliphatic heterocycles. The van der Waals surface area contributed by atoms with E-state index < -0.39 is 0 Å². The van der Waals surface area contributed by atoms with E-state index in [1.165, 1.54) is 18.4 Å². The molecule has 98 valence electrons. The molecule has 0 saturated heterocycles. The molecule has 1 aliphatic rings. The number of amidine groups is 1. The molecule has 2 rings (SSSR count). The largest absolute Gasteiger partial charge is 0.409 e. The fourth-order valence-corrected chi connectivity index (χ4v) is 2.26. The summed E-state index contributed by atoms with van der Waals surface area (Å²) in [6.45, 7) is 3.18. The van der Waals surface area contributed by atoms with Crippen LogP contribution < -0.4 is 5.73 Å². The van der Waals surface area contributed by atoms with Crippen molar-refractivity contribution in [3.05, 3.63) is 35.4 Å². The summed E-state index contributed by atoms with van der Waals surface area (Å²) in [6, 6.07) is 8.47. The Morgan fingerprint density at radius 1 is 1.56 bits per heavy atom. The third-order valence-corrected chi connectivity index (χ3v) is 3.76. The van der Waals surface area contributed by atoms with Gasteiger partial charge >= 0.3 is 0 Å². The number of benzene rings is 1. The highest BCUT2D eigenvalue weighted by atomic mass is 16.4. The van der Waals surface area contributed by atoms with Crippen LogP contribution in [0.4, 0.5) is 0 Å². The Kier molecular flexibility index (Phi) is 3.87. The van der Waals surface area contributed by atoms with E-state index in [9.17, 15) is 0 Å². The van der Waals surface area contributed by atoms with Crippen molar-refractivity contribution in [2.75, 3.05) is 7.05 Å². The van der Waals surface area contributed by atoms with Gasteiger partial charge in [0.2, 0.25) is 0 Å². The second kappa shape index (κ2) is 5.40. The standard InChI is InChI=1S/C14H21N3O/c1-10(12-6-7-12)17(2)9-11-4-3-5-13(8-11)14(15)16-18/h3-5,8,10,12,18H,6-7,9H2,1-2H3,(H2,15,16). The summed E-state index contributed by atoms with van der Waals surface area (Å²) >= 11 is 0. The fourth-order valence-electron chi connectivity index (χ4n) is 2.26. The predicted molar refractivity (Wildman–Crippen MR) is 72.6 cm³/mol. The number of nitrogens with two attached hydrogens (primary N) is 1. The molecule has 1 saturated carbocycles. The van der Waals surface area contributed by atoms with Crippen LogP contribution in [0.25, 0.3) is 0 Å². The molecule has 3 N–H and O–H groups in total. The van der Waals surface area contributed by atoms with E-state index in [-0.39, 0.29) is 5.84 Å². The molecule has 4 nitrogen and oxygen atoms in total. The van der Waals surface area contributed by atoms with Crippen LogP contribution in [0.2, 0.25) is 0 Å². The van der Waals surface area contributed by atoms with Gasteiger partial charge in [0, 0.05) is 18.2 Å². The van der Waals surface area contributed by atoms with Gasteiger partial charge in [-0.1, -0.05) is 23.4 Å². The van der Waals surface area contributed by atoms with Gasteiger partial charge in [-0.2, -0.15) is 0 Å².